The topological polar surface area (TPSA) is 50.2 Å². The molecule has 2 aromatic carbocycles. The SMILES string of the molecule is O=C(NN1CCCCC1)c1nn(-c2ccc(Cl)cc2Cl)c2c1CCCC2=Cc1ccc(Cl)cc1. The molecule has 0 bridgehead atoms. The highest BCUT2D eigenvalue weighted by molar-refractivity contribution is 6.35. The second-order valence-corrected chi connectivity index (χ2v) is 10.0. The van der Waals surface area contributed by atoms with Crippen LogP contribution in [0.3, 0.4) is 0 Å². The number of hydrogen-bond donors (Lipinski definition) is 1. The number of allylic oxidation sites excluding steroid dienone is 1. The van der Waals surface area contributed by atoms with E-state index in [2.05, 4.69) is 11.5 Å². The fourth-order valence-corrected chi connectivity index (χ4v) is 5.32. The Morgan fingerprint density at radius 1 is 0.912 bits per heavy atom. The van der Waals surface area contributed by atoms with Gasteiger partial charge in [0.2, 0.25) is 0 Å². The molecule has 34 heavy (non-hydrogen) atoms. The van der Waals surface area contributed by atoms with E-state index in [1.165, 1.54) is 6.42 Å². The van der Waals surface area contributed by atoms with Crippen molar-refractivity contribution in [2.75, 3.05) is 13.1 Å². The molecule has 1 amide bonds. The molecule has 0 atom stereocenters. The highest BCUT2D eigenvalue weighted by Crippen LogP contribution is 2.37. The number of fused-ring (bicyclic) bond motifs is 1. The molecule has 3 aromatic rings. The van der Waals surface area contributed by atoms with E-state index in [0.717, 1.165) is 67.6 Å². The van der Waals surface area contributed by atoms with E-state index >= 15 is 0 Å². The molecule has 1 fully saturated rings. The van der Waals surface area contributed by atoms with Crippen molar-refractivity contribution in [1.29, 1.82) is 0 Å². The molecule has 5 nitrogen and oxygen atoms in total. The number of hydrazine groups is 1. The predicted molar refractivity (Wildman–Crippen MR) is 139 cm³/mol. The minimum atomic E-state index is -0.172. The first-order chi connectivity index (χ1) is 16.5. The van der Waals surface area contributed by atoms with Gasteiger partial charge < -0.3 is 0 Å². The summed E-state index contributed by atoms with van der Waals surface area (Å²) in [5.41, 5.74) is 8.25. The van der Waals surface area contributed by atoms with Gasteiger partial charge in [-0.25, -0.2) is 9.69 Å². The van der Waals surface area contributed by atoms with Crippen molar-refractivity contribution in [3.63, 3.8) is 0 Å². The zero-order valence-corrected chi connectivity index (χ0v) is 20.9. The molecule has 176 valence electrons. The first-order valence-electron chi connectivity index (χ1n) is 11.6. The average Bonchev–Trinajstić information content (AvgIpc) is 3.22. The van der Waals surface area contributed by atoms with Gasteiger partial charge in [0.15, 0.2) is 5.69 Å². The van der Waals surface area contributed by atoms with Gasteiger partial charge in [0.05, 0.1) is 16.4 Å². The number of hydrogen-bond acceptors (Lipinski definition) is 3. The van der Waals surface area contributed by atoms with Crippen LogP contribution < -0.4 is 5.43 Å². The quantitative estimate of drug-likeness (QED) is 0.414. The summed E-state index contributed by atoms with van der Waals surface area (Å²) in [6.45, 7) is 1.72. The van der Waals surface area contributed by atoms with Crippen LogP contribution in [0.1, 0.15) is 59.4 Å². The van der Waals surface area contributed by atoms with Gasteiger partial charge >= 0.3 is 0 Å². The molecule has 1 saturated heterocycles. The molecule has 5 rings (SSSR count). The Kier molecular flexibility index (Phi) is 6.98. The monoisotopic (exact) mass is 514 g/mol. The van der Waals surface area contributed by atoms with Gasteiger partial charge in [-0.3, -0.25) is 10.2 Å². The smallest absolute Gasteiger partial charge is 0.283 e. The fraction of sp³-hybridized carbons (Fsp3) is 0.308. The van der Waals surface area contributed by atoms with Crippen molar-refractivity contribution in [3.8, 4) is 5.69 Å². The Hall–Kier alpha value is -2.31. The molecule has 0 saturated carbocycles. The Morgan fingerprint density at radius 2 is 1.65 bits per heavy atom. The first-order valence-corrected chi connectivity index (χ1v) is 12.7. The van der Waals surface area contributed by atoms with Crippen LogP contribution >= 0.6 is 34.8 Å². The number of piperidine rings is 1. The van der Waals surface area contributed by atoms with Crippen LogP contribution in [0.5, 0.6) is 0 Å². The predicted octanol–water partition coefficient (Wildman–Crippen LogP) is 6.84. The number of carbonyl (C=O) groups is 1. The fourth-order valence-electron chi connectivity index (χ4n) is 4.70. The van der Waals surface area contributed by atoms with E-state index < -0.39 is 0 Å². The van der Waals surface area contributed by atoms with E-state index in [0.29, 0.717) is 26.4 Å². The molecule has 1 aliphatic heterocycles. The molecule has 0 spiro atoms. The minimum Gasteiger partial charge on any atom is -0.283 e. The van der Waals surface area contributed by atoms with Crippen LogP contribution in [-0.2, 0) is 6.42 Å². The van der Waals surface area contributed by atoms with Crippen LogP contribution in [0.25, 0.3) is 17.3 Å². The molecule has 0 radical (unpaired) electrons. The largest absolute Gasteiger partial charge is 0.286 e. The third-order valence-corrected chi connectivity index (χ3v) is 7.13. The normalized spacial score (nSPS) is 17.6. The van der Waals surface area contributed by atoms with E-state index in [9.17, 15) is 4.79 Å². The lowest BCUT2D eigenvalue weighted by molar-refractivity contribution is 0.0743. The second-order valence-electron chi connectivity index (χ2n) is 8.75. The van der Waals surface area contributed by atoms with E-state index in [4.69, 9.17) is 39.9 Å². The Labute approximate surface area is 214 Å². The van der Waals surface area contributed by atoms with Gasteiger partial charge in [-0.2, -0.15) is 5.10 Å². The number of benzene rings is 2. The van der Waals surface area contributed by atoms with Crippen LogP contribution in [0.4, 0.5) is 0 Å². The number of amides is 1. The van der Waals surface area contributed by atoms with Gasteiger partial charge in [-0.05, 0) is 79.6 Å². The van der Waals surface area contributed by atoms with Crippen molar-refractivity contribution < 1.29 is 4.79 Å². The summed E-state index contributed by atoms with van der Waals surface area (Å²) in [5, 5.41) is 8.54. The second kappa shape index (κ2) is 10.1. The van der Waals surface area contributed by atoms with Crippen molar-refractivity contribution >= 4 is 52.4 Å². The Bertz CT molecular complexity index is 1240. The van der Waals surface area contributed by atoms with Crippen molar-refractivity contribution in [2.24, 2.45) is 0 Å². The molecule has 2 heterocycles. The van der Waals surface area contributed by atoms with E-state index in [1.54, 1.807) is 16.8 Å². The summed E-state index contributed by atoms with van der Waals surface area (Å²) in [6.07, 6.45) is 8.10. The number of nitrogens with zero attached hydrogens (tertiary/aromatic N) is 3. The third kappa shape index (κ3) is 4.89. The van der Waals surface area contributed by atoms with Gasteiger partial charge in [-0.1, -0.05) is 53.4 Å². The molecule has 0 unspecified atom stereocenters. The Morgan fingerprint density at radius 3 is 2.38 bits per heavy atom. The zero-order valence-electron chi connectivity index (χ0n) is 18.7. The van der Waals surface area contributed by atoms with Crippen molar-refractivity contribution in [1.82, 2.24) is 20.2 Å². The van der Waals surface area contributed by atoms with Gasteiger partial charge in [-0.15, -0.1) is 0 Å². The lowest BCUT2D eigenvalue weighted by Gasteiger charge is -2.26. The number of halogens is 3. The molecule has 1 N–H and O–H groups in total. The first kappa shape index (κ1) is 23.4. The average molecular weight is 516 g/mol. The lowest BCUT2D eigenvalue weighted by atomic mass is 9.89. The van der Waals surface area contributed by atoms with E-state index in [-0.39, 0.29) is 5.91 Å². The summed E-state index contributed by atoms with van der Waals surface area (Å²) in [4.78, 5) is 13.4. The van der Waals surface area contributed by atoms with Crippen LogP contribution in [0.2, 0.25) is 15.1 Å². The number of rotatable bonds is 4. The highest BCUT2D eigenvalue weighted by Gasteiger charge is 2.30. The maximum absolute atomic E-state index is 13.4. The summed E-state index contributed by atoms with van der Waals surface area (Å²) < 4.78 is 1.81. The third-order valence-electron chi connectivity index (χ3n) is 6.34. The molecule has 1 aromatic heterocycles. The van der Waals surface area contributed by atoms with Crippen LogP contribution in [0, 0.1) is 0 Å². The van der Waals surface area contributed by atoms with Crippen molar-refractivity contribution in [2.45, 2.75) is 38.5 Å². The van der Waals surface area contributed by atoms with Crippen LogP contribution in [-0.4, -0.2) is 33.8 Å². The lowest BCUT2D eigenvalue weighted by Crippen LogP contribution is -2.45. The van der Waals surface area contributed by atoms with Gasteiger partial charge in [0.1, 0.15) is 0 Å². The Balaban J connectivity index is 1.61. The molecule has 8 heteroatoms. The van der Waals surface area contributed by atoms with Crippen LogP contribution in [0.15, 0.2) is 42.5 Å². The molecular formula is C26H25Cl3N4O. The van der Waals surface area contributed by atoms with E-state index in [1.807, 2.05) is 35.3 Å². The zero-order chi connectivity index (χ0) is 23.7. The number of carbonyl (C=O) groups excluding carboxylic acids is 1. The van der Waals surface area contributed by atoms with Gasteiger partial charge in [0.25, 0.3) is 5.91 Å². The maximum Gasteiger partial charge on any atom is 0.286 e. The minimum absolute atomic E-state index is 0.172. The van der Waals surface area contributed by atoms with Gasteiger partial charge in [0, 0.05) is 28.7 Å². The highest BCUT2D eigenvalue weighted by atomic mass is 35.5. The summed E-state index contributed by atoms with van der Waals surface area (Å²) in [6, 6.07) is 13.1. The molecule has 1 aliphatic carbocycles. The summed E-state index contributed by atoms with van der Waals surface area (Å²) in [5.74, 6) is -0.172. The standard InChI is InChI=1S/C26H25Cl3N4O/c27-19-9-7-17(8-10-19)15-18-5-4-6-21-24(26(34)31-32-13-2-1-3-14-32)30-33(25(18)21)23-12-11-20(28)16-22(23)29/h7-12,15-16H,1-6,13-14H2,(H,31,34). The molecular weight excluding hydrogens is 491 g/mol. The maximum atomic E-state index is 13.4. The molecule has 2 aliphatic rings. The number of aromatic nitrogens is 2. The number of nitrogens with one attached hydrogen (secondary N) is 1. The van der Waals surface area contributed by atoms with Crippen molar-refractivity contribution in [3.05, 3.63) is 80.0 Å². The summed E-state index contributed by atoms with van der Waals surface area (Å²) >= 11 is 18.8. The summed E-state index contributed by atoms with van der Waals surface area (Å²) in [7, 11) is 0.